The Morgan fingerprint density at radius 3 is 2.70 bits per heavy atom. The molecule has 1 N–H and O–H groups in total. The highest BCUT2D eigenvalue weighted by Crippen LogP contribution is 2.04. The second kappa shape index (κ2) is 2.47. The Kier molecular flexibility index (Phi) is 1.67. The van der Waals surface area contributed by atoms with E-state index in [2.05, 4.69) is 0 Å². The van der Waals surface area contributed by atoms with Gasteiger partial charge in [-0.3, -0.25) is 4.79 Å². The largest absolute Gasteiger partial charge is 0.493 e. The third kappa shape index (κ3) is 1.13. The molecule has 10 heavy (non-hydrogen) atoms. The second-order valence-electron chi connectivity index (χ2n) is 1.87. The third-order valence-corrected chi connectivity index (χ3v) is 1.16. The summed E-state index contributed by atoms with van der Waals surface area (Å²) < 4.78 is 4.69. The molecule has 0 bridgehead atoms. The van der Waals surface area contributed by atoms with Gasteiger partial charge in [0.15, 0.2) is 5.76 Å². The summed E-state index contributed by atoms with van der Waals surface area (Å²) in [6.45, 7) is 0. The molecule has 0 saturated heterocycles. The van der Waals surface area contributed by atoms with Crippen molar-refractivity contribution in [3.05, 3.63) is 24.0 Å². The monoisotopic (exact) mass is 137 g/mol. The minimum atomic E-state index is -0.182. The van der Waals surface area contributed by atoms with Crippen LogP contribution in [0.4, 0.5) is 0 Å². The van der Waals surface area contributed by atoms with E-state index in [0.717, 1.165) is 0 Å². The lowest BCUT2D eigenvalue weighted by Gasteiger charge is -2.04. The molecule has 0 unspecified atom stereocenters. The van der Waals surface area contributed by atoms with Gasteiger partial charge in [0.05, 0.1) is 12.8 Å². The average molecular weight is 137 g/mol. The zero-order chi connectivity index (χ0) is 7.56. The van der Waals surface area contributed by atoms with Crippen molar-refractivity contribution in [2.75, 3.05) is 7.11 Å². The van der Waals surface area contributed by atoms with Gasteiger partial charge < -0.3 is 10.1 Å². The zero-order valence-corrected chi connectivity index (χ0v) is 5.55. The fourth-order valence-electron chi connectivity index (χ4n) is 0.668. The van der Waals surface area contributed by atoms with Gasteiger partial charge in [-0.15, -0.1) is 0 Å². The summed E-state index contributed by atoms with van der Waals surface area (Å²) in [6.07, 6.45) is 4.15. The Morgan fingerprint density at radius 1 is 1.50 bits per heavy atom. The van der Waals surface area contributed by atoms with Gasteiger partial charge in [0.1, 0.15) is 0 Å². The predicted octanol–water partition coefficient (Wildman–Crippen LogP) is 0.675. The van der Waals surface area contributed by atoms with Crippen molar-refractivity contribution in [3.63, 3.8) is 0 Å². The van der Waals surface area contributed by atoms with Crippen molar-refractivity contribution in [1.82, 2.24) is 0 Å². The normalized spacial score (nSPS) is 17.1. The van der Waals surface area contributed by atoms with E-state index in [4.69, 9.17) is 10.1 Å². The first-order valence-corrected chi connectivity index (χ1v) is 2.80. The van der Waals surface area contributed by atoms with E-state index in [9.17, 15) is 4.79 Å². The highest BCUT2D eigenvalue weighted by Gasteiger charge is 2.10. The molecule has 3 nitrogen and oxygen atoms in total. The fraction of sp³-hybridized carbons (Fsp3) is 0.143. The van der Waals surface area contributed by atoms with Gasteiger partial charge in [0.25, 0.3) is 0 Å². The van der Waals surface area contributed by atoms with E-state index >= 15 is 0 Å². The first-order valence-electron chi connectivity index (χ1n) is 2.80. The number of ether oxygens (including phenoxy) is 1. The molecule has 0 atom stereocenters. The summed E-state index contributed by atoms with van der Waals surface area (Å²) in [6, 6.07) is 0. The van der Waals surface area contributed by atoms with E-state index in [1.54, 1.807) is 0 Å². The first-order chi connectivity index (χ1) is 4.74. The number of ketones is 1. The third-order valence-electron chi connectivity index (χ3n) is 1.16. The van der Waals surface area contributed by atoms with Gasteiger partial charge in [0.2, 0.25) is 5.78 Å². The van der Waals surface area contributed by atoms with Crippen LogP contribution in [0.25, 0.3) is 0 Å². The first kappa shape index (κ1) is 6.74. The smallest absolute Gasteiger partial charge is 0.220 e. The Bertz CT molecular complexity index is 238. The molecule has 0 aromatic carbocycles. The van der Waals surface area contributed by atoms with Crippen LogP contribution in [0.2, 0.25) is 0 Å². The summed E-state index contributed by atoms with van der Waals surface area (Å²) >= 11 is 0. The van der Waals surface area contributed by atoms with Crippen molar-refractivity contribution in [2.45, 2.75) is 0 Å². The summed E-state index contributed by atoms with van der Waals surface area (Å²) in [7, 11) is 1.41. The Morgan fingerprint density at radius 2 is 2.20 bits per heavy atom. The summed E-state index contributed by atoms with van der Waals surface area (Å²) in [4.78, 5) is 10.8. The van der Waals surface area contributed by atoms with E-state index in [1.165, 1.54) is 25.3 Å². The van der Waals surface area contributed by atoms with Crippen LogP contribution in [-0.4, -0.2) is 18.6 Å². The van der Waals surface area contributed by atoms with Gasteiger partial charge in [-0.1, -0.05) is 0 Å². The fourth-order valence-corrected chi connectivity index (χ4v) is 0.668. The lowest BCUT2D eigenvalue weighted by Crippen LogP contribution is -2.08. The molecule has 0 saturated carbocycles. The topological polar surface area (TPSA) is 50.1 Å². The van der Waals surface area contributed by atoms with Gasteiger partial charge in [-0.2, -0.15) is 0 Å². The summed E-state index contributed by atoms with van der Waals surface area (Å²) in [5, 5.41) is 7.12. The molecule has 0 spiro atoms. The van der Waals surface area contributed by atoms with Gasteiger partial charge in [-0.25, -0.2) is 0 Å². The van der Waals surface area contributed by atoms with Crippen LogP contribution in [0.3, 0.4) is 0 Å². The minimum absolute atomic E-state index is 0.182. The maximum absolute atomic E-state index is 10.8. The van der Waals surface area contributed by atoms with Crippen LogP contribution in [0, 0.1) is 5.41 Å². The van der Waals surface area contributed by atoms with Crippen molar-refractivity contribution >= 4 is 11.5 Å². The van der Waals surface area contributed by atoms with Crippen LogP contribution >= 0.6 is 0 Å². The lowest BCUT2D eigenvalue weighted by molar-refractivity contribution is -0.114. The maximum atomic E-state index is 10.8. The minimum Gasteiger partial charge on any atom is -0.493 e. The Balaban J connectivity index is 2.89. The maximum Gasteiger partial charge on any atom is 0.220 e. The highest BCUT2D eigenvalue weighted by molar-refractivity contribution is 6.17. The Labute approximate surface area is 58.5 Å². The number of carbonyl (C=O) groups is 1. The van der Waals surface area contributed by atoms with E-state index in [-0.39, 0.29) is 17.3 Å². The van der Waals surface area contributed by atoms with Gasteiger partial charge in [0, 0.05) is 6.08 Å². The molecule has 0 radical (unpaired) electrons. The molecule has 0 aromatic heterocycles. The molecule has 1 aliphatic carbocycles. The van der Waals surface area contributed by atoms with Crippen molar-refractivity contribution < 1.29 is 9.53 Å². The average Bonchev–Trinajstić information content (AvgIpc) is 1.94. The number of allylic oxidation sites excluding steroid dienone is 3. The molecule has 0 fully saturated rings. The van der Waals surface area contributed by atoms with Crippen molar-refractivity contribution in [3.8, 4) is 0 Å². The standard InChI is InChI=1S/C7H7NO2/c1-10-7-4-5(8)2-3-6(7)9/h2-4,8H,1H3. The van der Waals surface area contributed by atoms with E-state index in [0.29, 0.717) is 0 Å². The molecule has 1 rings (SSSR count). The van der Waals surface area contributed by atoms with Crippen LogP contribution < -0.4 is 0 Å². The van der Waals surface area contributed by atoms with Crippen LogP contribution in [0.1, 0.15) is 0 Å². The van der Waals surface area contributed by atoms with E-state index < -0.39 is 0 Å². The lowest BCUT2D eigenvalue weighted by atomic mass is 10.1. The Hall–Kier alpha value is -1.38. The van der Waals surface area contributed by atoms with E-state index in [1.807, 2.05) is 0 Å². The molecule has 3 heteroatoms. The number of rotatable bonds is 1. The predicted molar refractivity (Wildman–Crippen MR) is 37.0 cm³/mol. The molecular formula is C7H7NO2. The molecule has 52 valence electrons. The van der Waals surface area contributed by atoms with Crippen LogP contribution in [-0.2, 0) is 9.53 Å². The molecule has 0 heterocycles. The summed E-state index contributed by atoms with van der Waals surface area (Å²) in [5.74, 6) is 0.0472. The zero-order valence-electron chi connectivity index (χ0n) is 5.55. The van der Waals surface area contributed by atoms with Crippen molar-refractivity contribution in [1.29, 1.82) is 5.41 Å². The number of methoxy groups -OCH3 is 1. The van der Waals surface area contributed by atoms with Gasteiger partial charge in [-0.05, 0) is 12.2 Å². The van der Waals surface area contributed by atoms with Crippen LogP contribution in [0.15, 0.2) is 24.0 Å². The second-order valence-corrected chi connectivity index (χ2v) is 1.87. The summed E-state index contributed by atoms with van der Waals surface area (Å²) in [5.41, 5.74) is 0.288. The van der Waals surface area contributed by atoms with Crippen LogP contribution in [0.5, 0.6) is 0 Å². The van der Waals surface area contributed by atoms with Crippen molar-refractivity contribution in [2.24, 2.45) is 0 Å². The number of hydrogen-bond acceptors (Lipinski definition) is 3. The number of nitrogens with one attached hydrogen (secondary N) is 1. The molecule has 0 amide bonds. The quantitative estimate of drug-likeness (QED) is 0.540. The number of hydrogen-bond donors (Lipinski definition) is 1. The number of carbonyl (C=O) groups excluding carboxylic acids is 1. The molecular weight excluding hydrogens is 130 g/mol. The van der Waals surface area contributed by atoms with Gasteiger partial charge >= 0.3 is 0 Å². The molecule has 0 aromatic rings. The SMILES string of the molecule is COC1=CC(=N)C=CC1=O. The highest BCUT2D eigenvalue weighted by atomic mass is 16.5. The molecule has 1 aliphatic rings. The molecule has 0 aliphatic heterocycles.